The zero-order chi connectivity index (χ0) is 23.1. The van der Waals surface area contributed by atoms with Gasteiger partial charge in [-0.2, -0.15) is 0 Å². The normalized spacial score (nSPS) is 12.4. The van der Waals surface area contributed by atoms with Crippen LogP contribution in [0.4, 0.5) is 0 Å². The smallest absolute Gasteiger partial charge is 0.122 e. The van der Waals surface area contributed by atoms with Crippen LogP contribution in [0.3, 0.4) is 0 Å². The van der Waals surface area contributed by atoms with Crippen molar-refractivity contribution in [3.8, 4) is 5.75 Å². The van der Waals surface area contributed by atoms with Gasteiger partial charge in [0.25, 0.3) is 0 Å². The highest BCUT2D eigenvalue weighted by Crippen LogP contribution is 2.39. The van der Waals surface area contributed by atoms with Crippen LogP contribution in [0.1, 0.15) is 57.7 Å². The van der Waals surface area contributed by atoms with Crippen molar-refractivity contribution in [1.82, 2.24) is 0 Å². The first-order valence-electron chi connectivity index (χ1n) is 11.6. The van der Waals surface area contributed by atoms with Gasteiger partial charge in [-0.05, 0) is 41.4 Å². The number of benzene rings is 2. The Morgan fingerprint density at radius 3 is 2.09 bits per heavy atom. The Bertz CT molecular complexity index is 810. The van der Waals surface area contributed by atoms with E-state index in [9.17, 15) is 0 Å². The fourth-order valence-corrected chi connectivity index (χ4v) is 4.71. The molecule has 0 unspecified atom stereocenters. The van der Waals surface area contributed by atoms with Crippen molar-refractivity contribution in [2.24, 2.45) is 5.41 Å². The molecule has 3 nitrogen and oxygen atoms in total. The number of hydrogen-bond donors (Lipinski definition) is 0. The van der Waals surface area contributed by atoms with Crippen LogP contribution in [0.25, 0.3) is 0 Å². The van der Waals surface area contributed by atoms with Gasteiger partial charge < -0.3 is 26.4 Å². The first kappa shape index (κ1) is 28.5. The second-order valence-corrected chi connectivity index (χ2v) is 11.3. The summed E-state index contributed by atoms with van der Waals surface area (Å²) in [6, 6.07) is 17.1. The minimum Gasteiger partial charge on any atom is -1.00 e. The average Bonchev–Trinajstić information content (AvgIpc) is 2.64. The lowest BCUT2D eigenvalue weighted by atomic mass is 9.71. The van der Waals surface area contributed by atoms with E-state index in [1.807, 2.05) is 0 Å². The van der Waals surface area contributed by atoms with E-state index >= 15 is 0 Å². The van der Waals surface area contributed by atoms with Gasteiger partial charge in [-0.3, -0.25) is 0 Å². The Labute approximate surface area is 203 Å². The van der Waals surface area contributed by atoms with E-state index in [0.717, 1.165) is 36.3 Å². The van der Waals surface area contributed by atoms with Gasteiger partial charge >= 0.3 is 0 Å². The largest absolute Gasteiger partial charge is 1.00 e. The highest BCUT2D eigenvalue weighted by atomic mass is 35.5. The zero-order valence-electron chi connectivity index (χ0n) is 21.5. The van der Waals surface area contributed by atoms with Crippen LogP contribution in [0, 0.1) is 12.3 Å². The van der Waals surface area contributed by atoms with Gasteiger partial charge in [-0.25, -0.2) is 0 Å². The molecule has 0 aliphatic rings. The zero-order valence-corrected chi connectivity index (χ0v) is 22.3. The number of rotatable bonds is 11. The molecule has 180 valence electrons. The minimum atomic E-state index is 0. The topological polar surface area (TPSA) is 18.5 Å². The number of halogens is 1. The number of nitrogens with zero attached hydrogens (tertiary/aromatic N) is 1. The monoisotopic (exact) mass is 461 g/mol. The van der Waals surface area contributed by atoms with E-state index in [2.05, 4.69) is 104 Å². The summed E-state index contributed by atoms with van der Waals surface area (Å²) in [4.78, 5) is 0. The van der Waals surface area contributed by atoms with Gasteiger partial charge in [-0.15, -0.1) is 0 Å². The second-order valence-electron chi connectivity index (χ2n) is 11.3. The van der Waals surface area contributed by atoms with Gasteiger partial charge in [-0.1, -0.05) is 77.1 Å². The standard InChI is InChI=1S/C28H44NO2.ClH/c1-23-25(28(5,6)22-27(2,3)4)15-12-16-26(23)31-20-19-30-18-17-29(7,8)21-24-13-10-9-11-14-24;/h9-16H,17-22H2,1-8H3;1H/q+1;/p-1. The first-order valence-corrected chi connectivity index (χ1v) is 11.6. The molecule has 0 aliphatic heterocycles. The summed E-state index contributed by atoms with van der Waals surface area (Å²) in [5, 5.41) is 0. The Morgan fingerprint density at radius 2 is 1.47 bits per heavy atom. The lowest BCUT2D eigenvalue weighted by molar-refractivity contribution is -0.904. The molecule has 32 heavy (non-hydrogen) atoms. The lowest BCUT2D eigenvalue weighted by Crippen LogP contribution is -3.00. The summed E-state index contributed by atoms with van der Waals surface area (Å²) in [5.41, 5.74) is 4.38. The molecule has 0 spiro atoms. The van der Waals surface area contributed by atoms with Crippen LogP contribution in [0.2, 0.25) is 0 Å². The van der Waals surface area contributed by atoms with Crippen molar-refractivity contribution < 1.29 is 26.4 Å². The van der Waals surface area contributed by atoms with E-state index < -0.39 is 0 Å². The van der Waals surface area contributed by atoms with Crippen LogP contribution in [0.5, 0.6) is 5.75 Å². The summed E-state index contributed by atoms with van der Waals surface area (Å²) in [5.74, 6) is 0.975. The maximum atomic E-state index is 6.10. The van der Waals surface area contributed by atoms with Gasteiger partial charge in [0.1, 0.15) is 25.4 Å². The number of hydrogen-bond acceptors (Lipinski definition) is 2. The van der Waals surface area contributed by atoms with Crippen LogP contribution < -0.4 is 17.1 Å². The van der Waals surface area contributed by atoms with Crippen LogP contribution in [-0.2, 0) is 16.7 Å². The predicted octanol–water partition coefficient (Wildman–Crippen LogP) is 3.38. The highest BCUT2D eigenvalue weighted by Gasteiger charge is 2.29. The summed E-state index contributed by atoms with van der Waals surface area (Å²) in [7, 11) is 4.50. The van der Waals surface area contributed by atoms with Crippen molar-refractivity contribution in [1.29, 1.82) is 0 Å². The third-order valence-corrected chi connectivity index (χ3v) is 5.77. The molecule has 0 amide bonds. The van der Waals surface area contributed by atoms with Gasteiger partial charge in [0.2, 0.25) is 0 Å². The molecular weight excluding hydrogens is 418 g/mol. The molecule has 0 atom stereocenters. The van der Waals surface area contributed by atoms with Gasteiger partial charge in [0.15, 0.2) is 0 Å². The molecule has 0 N–H and O–H groups in total. The molecule has 4 heteroatoms. The fourth-order valence-electron chi connectivity index (χ4n) is 4.71. The molecule has 2 aromatic carbocycles. The molecule has 0 radical (unpaired) electrons. The van der Waals surface area contributed by atoms with Crippen molar-refractivity contribution in [3.63, 3.8) is 0 Å². The molecule has 0 aliphatic carbocycles. The second kappa shape index (κ2) is 12.1. The fraction of sp³-hybridized carbons (Fsp3) is 0.571. The van der Waals surface area contributed by atoms with E-state index in [0.29, 0.717) is 13.2 Å². The van der Waals surface area contributed by atoms with Gasteiger partial charge in [0.05, 0.1) is 27.3 Å². The maximum Gasteiger partial charge on any atom is 0.122 e. The van der Waals surface area contributed by atoms with Crippen molar-refractivity contribution in [2.75, 3.05) is 40.5 Å². The van der Waals surface area contributed by atoms with E-state index in [-0.39, 0.29) is 23.2 Å². The Hall–Kier alpha value is -1.55. The highest BCUT2D eigenvalue weighted by molar-refractivity contribution is 5.43. The Kier molecular flexibility index (Phi) is 10.7. The number of quaternary nitrogens is 1. The molecule has 0 saturated heterocycles. The summed E-state index contributed by atoms with van der Waals surface area (Å²) in [6.45, 7) is 17.7. The SMILES string of the molecule is Cc1c(OCCOCC[N+](C)(C)Cc2ccccc2)cccc1C(C)(C)CC(C)(C)C.[Cl-]. The minimum absolute atomic E-state index is 0. The Morgan fingerprint density at radius 1 is 0.812 bits per heavy atom. The number of likely N-dealkylation sites (N-methyl/N-ethyl adjacent to an activating group) is 1. The van der Waals surface area contributed by atoms with Crippen LogP contribution >= 0.6 is 0 Å². The molecule has 2 aromatic rings. The molecule has 2 rings (SSSR count). The molecule has 0 bridgehead atoms. The third-order valence-electron chi connectivity index (χ3n) is 5.77. The third kappa shape index (κ3) is 9.52. The summed E-state index contributed by atoms with van der Waals surface area (Å²) >= 11 is 0. The molecule has 0 heterocycles. The van der Waals surface area contributed by atoms with Crippen molar-refractivity contribution in [3.05, 3.63) is 65.2 Å². The molecule has 0 aromatic heterocycles. The van der Waals surface area contributed by atoms with Gasteiger partial charge in [0, 0.05) is 5.56 Å². The molecule has 0 fully saturated rings. The van der Waals surface area contributed by atoms with E-state index in [4.69, 9.17) is 9.47 Å². The van der Waals surface area contributed by atoms with Crippen molar-refractivity contribution in [2.45, 2.75) is 59.9 Å². The van der Waals surface area contributed by atoms with E-state index in [1.165, 1.54) is 16.7 Å². The number of ether oxygens (including phenoxy) is 2. The molecule has 0 saturated carbocycles. The summed E-state index contributed by atoms with van der Waals surface area (Å²) in [6.07, 6.45) is 1.13. The average molecular weight is 462 g/mol. The maximum absolute atomic E-state index is 6.10. The van der Waals surface area contributed by atoms with E-state index in [1.54, 1.807) is 0 Å². The molecular formula is C28H44ClNO2. The Balaban J connectivity index is 0.00000512. The van der Waals surface area contributed by atoms with Crippen LogP contribution in [-0.4, -0.2) is 44.9 Å². The first-order chi connectivity index (χ1) is 14.4. The van der Waals surface area contributed by atoms with Crippen LogP contribution in [0.15, 0.2) is 48.5 Å². The quantitative estimate of drug-likeness (QED) is 0.377. The lowest BCUT2D eigenvalue weighted by Gasteiger charge is -2.34. The predicted molar refractivity (Wildman–Crippen MR) is 132 cm³/mol. The van der Waals surface area contributed by atoms with Crippen molar-refractivity contribution >= 4 is 0 Å². The summed E-state index contributed by atoms with van der Waals surface area (Å²) < 4.78 is 12.9.